The molecule has 0 aromatic heterocycles. The monoisotopic (exact) mass is 332 g/mol. The highest BCUT2D eigenvalue weighted by Crippen LogP contribution is 2.24. The van der Waals surface area contributed by atoms with E-state index >= 15 is 0 Å². The van der Waals surface area contributed by atoms with E-state index < -0.39 is 5.82 Å². The molecular weight excluding hydrogens is 314 g/mol. The van der Waals surface area contributed by atoms with Crippen molar-refractivity contribution in [2.75, 3.05) is 6.54 Å². The first-order valence-corrected chi connectivity index (χ1v) is 7.72. The highest BCUT2D eigenvalue weighted by Gasteiger charge is 2.32. The minimum Gasteiger partial charge on any atom is -0.489 e. The maximum atomic E-state index is 14.2. The van der Waals surface area contributed by atoms with Crippen LogP contribution in [0.4, 0.5) is 8.78 Å². The Morgan fingerprint density at radius 1 is 1.25 bits per heavy atom. The number of nitrogens with two attached hydrogens (primary N) is 1. The van der Waals surface area contributed by atoms with Crippen molar-refractivity contribution >= 4 is 5.91 Å². The van der Waals surface area contributed by atoms with Crippen LogP contribution in [0, 0.1) is 11.6 Å². The number of amides is 1. The summed E-state index contributed by atoms with van der Waals surface area (Å²) in [6, 6.07) is 10.3. The van der Waals surface area contributed by atoms with Gasteiger partial charge in [-0.2, -0.15) is 0 Å². The first-order valence-electron chi connectivity index (χ1n) is 7.72. The second kappa shape index (κ2) is 6.97. The summed E-state index contributed by atoms with van der Waals surface area (Å²) >= 11 is 0. The number of primary amides is 1. The number of hydrogen-bond donors (Lipinski definition) is 1. The molecule has 6 heteroatoms. The van der Waals surface area contributed by atoms with Gasteiger partial charge in [-0.25, -0.2) is 8.78 Å². The van der Waals surface area contributed by atoms with Gasteiger partial charge in [0.05, 0.1) is 6.04 Å². The van der Waals surface area contributed by atoms with Gasteiger partial charge in [0, 0.05) is 24.7 Å². The van der Waals surface area contributed by atoms with Crippen LogP contribution in [0.2, 0.25) is 0 Å². The lowest BCUT2D eigenvalue weighted by atomic mass is 10.0. The molecule has 1 unspecified atom stereocenters. The van der Waals surface area contributed by atoms with Crippen molar-refractivity contribution in [1.29, 1.82) is 0 Å². The molecule has 0 bridgehead atoms. The molecule has 2 N–H and O–H groups in total. The Kier molecular flexibility index (Phi) is 4.76. The summed E-state index contributed by atoms with van der Waals surface area (Å²) in [5.41, 5.74) is 6.44. The minimum absolute atomic E-state index is 0.159. The molecule has 24 heavy (non-hydrogen) atoms. The fourth-order valence-electron chi connectivity index (χ4n) is 2.71. The standard InChI is InChI=1S/C18H18F2N2O2/c19-14-3-1-2-12(8-14)11-24-15-5-4-13(16(20)9-15)10-22-7-6-17(22)18(21)23/h1-5,8-9,17H,6-7,10-11H2,(H2,21,23). The molecular formula is C18H18F2N2O2. The Morgan fingerprint density at radius 3 is 2.71 bits per heavy atom. The number of hydrogen-bond acceptors (Lipinski definition) is 3. The molecule has 0 saturated carbocycles. The van der Waals surface area contributed by atoms with Crippen molar-refractivity contribution in [2.24, 2.45) is 5.73 Å². The van der Waals surface area contributed by atoms with Gasteiger partial charge >= 0.3 is 0 Å². The van der Waals surface area contributed by atoms with Gasteiger partial charge in [-0.1, -0.05) is 18.2 Å². The number of carbonyl (C=O) groups excluding carboxylic acids is 1. The van der Waals surface area contributed by atoms with E-state index in [1.807, 2.05) is 4.90 Å². The molecule has 126 valence electrons. The third kappa shape index (κ3) is 3.71. The smallest absolute Gasteiger partial charge is 0.234 e. The van der Waals surface area contributed by atoms with Crippen LogP contribution in [-0.4, -0.2) is 23.4 Å². The van der Waals surface area contributed by atoms with Crippen LogP contribution < -0.4 is 10.5 Å². The summed E-state index contributed by atoms with van der Waals surface area (Å²) in [6.07, 6.45) is 0.714. The fraction of sp³-hybridized carbons (Fsp3) is 0.278. The largest absolute Gasteiger partial charge is 0.489 e. The number of rotatable bonds is 6. The van der Waals surface area contributed by atoms with Crippen LogP contribution in [0.15, 0.2) is 42.5 Å². The molecule has 0 radical (unpaired) electrons. The molecule has 1 fully saturated rings. The fourth-order valence-corrected chi connectivity index (χ4v) is 2.71. The highest BCUT2D eigenvalue weighted by atomic mass is 19.1. The van der Waals surface area contributed by atoms with Crippen LogP contribution in [0.5, 0.6) is 5.75 Å². The molecule has 0 spiro atoms. The molecule has 1 atom stereocenters. The Hall–Kier alpha value is -2.47. The SMILES string of the molecule is NC(=O)C1CCN1Cc1ccc(OCc2cccc(F)c2)cc1F. The third-order valence-corrected chi connectivity index (χ3v) is 4.15. The second-order valence-electron chi connectivity index (χ2n) is 5.85. The third-order valence-electron chi connectivity index (χ3n) is 4.15. The van der Waals surface area contributed by atoms with E-state index in [4.69, 9.17) is 10.5 Å². The molecule has 2 aromatic carbocycles. The lowest BCUT2D eigenvalue weighted by Gasteiger charge is -2.38. The summed E-state index contributed by atoms with van der Waals surface area (Å²) in [5, 5.41) is 0. The van der Waals surface area contributed by atoms with E-state index in [1.54, 1.807) is 24.3 Å². The maximum absolute atomic E-state index is 14.2. The number of halogens is 2. The van der Waals surface area contributed by atoms with Crippen molar-refractivity contribution in [3.63, 3.8) is 0 Å². The van der Waals surface area contributed by atoms with Crippen LogP contribution in [0.1, 0.15) is 17.5 Å². The zero-order chi connectivity index (χ0) is 17.1. The van der Waals surface area contributed by atoms with Crippen molar-refractivity contribution in [1.82, 2.24) is 4.90 Å². The molecule has 1 saturated heterocycles. The first-order chi connectivity index (χ1) is 11.5. The summed E-state index contributed by atoms with van der Waals surface area (Å²) in [6.45, 7) is 1.22. The normalized spacial score (nSPS) is 17.3. The minimum atomic E-state index is -0.401. The van der Waals surface area contributed by atoms with Crippen molar-refractivity contribution < 1.29 is 18.3 Å². The zero-order valence-electron chi connectivity index (χ0n) is 13.0. The quantitative estimate of drug-likeness (QED) is 0.885. The number of nitrogens with zero attached hydrogens (tertiary/aromatic N) is 1. The number of ether oxygens (including phenoxy) is 1. The van der Waals surface area contributed by atoms with Gasteiger partial charge in [-0.3, -0.25) is 9.69 Å². The molecule has 2 aromatic rings. The van der Waals surface area contributed by atoms with Gasteiger partial charge in [0.25, 0.3) is 0 Å². The van der Waals surface area contributed by atoms with Gasteiger partial charge in [0.1, 0.15) is 24.0 Å². The van der Waals surface area contributed by atoms with Gasteiger partial charge in [-0.05, 0) is 30.2 Å². The lowest BCUT2D eigenvalue weighted by molar-refractivity contribution is -0.127. The second-order valence-corrected chi connectivity index (χ2v) is 5.85. The summed E-state index contributed by atoms with van der Waals surface area (Å²) < 4.78 is 32.8. The van der Waals surface area contributed by atoms with E-state index in [1.165, 1.54) is 18.2 Å². The Balaban J connectivity index is 1.61. The lowest BCUT2D eigenvalue weighted by Crippen LogP contribution is -2.54. The number of carbonyl (C=O) groups is 1. The van der Waals surface area contributed by atoms with E-state index in [9.17, 15) is 13.6 Å². The molecule has 0 aliphatic carbocycles. The maximum Gasteiger partial charge on any atom is 0.234 e. The van der Waals surface area contributed by atoms with E-state index in [0.29, 0.717) is 29.8 Å². The number of benzene rings is 2. The van der Waals surface area contributed by atoms with Gasteiger partial charge in [0.2, 0.25) is 5.91 Å². The summed E-state index contributed by atoms with van der Waals surface area (Å²) in [4.78, 5) is 13.0. The predicted octanol–water partition coefficient (Wildman–Crippen LogP) is 2.60. The Bertz CT molecular complexity index is 752. The Morgan fingerprint density at radius 2 is 2.08 bits per heavy atom. The molecule has 1 aliphatic rings. The molecule has 4 nitrogen and oxygen atoms in total. The van der Waals surface area contributed by atoms with Gasteiger partial charge in [-0.15, -0.1) is 0 Å². The zero-order valence-corrected chi connectivity index (χ0v) is 13.0. The van der Waals surface area contributed by atoms with Crippen molar-refractivity contribution in [2.45, 2.75) is 25.6 Å². The summed E-state index contributed by atoms with van der Waals surface area (Å²) in [7, 11) is 0. The van der Waals surface area contributed by atoms with Gasteiger partial charge in [0.15, 0.2) is 0 Å². The average molecular weight is 332 g/mol. The van der Waals surface area contributed by atoms with Crippen LogP contribution in [-0.2, 0) is 17.9 Å². The van der Waals surface area contributed by atoms with E-state index in [2.05, 4.69) is 0 Å². The molecule has 1 heterocycles. The summed E-state index contributed by atoms with van der Waals surface area (Å²) in [5.74, 6) is -0.745. The van der Waals surface area contributed by atoms with Gasteiger partial charge < -0.3 is 10.5 Å². The van der Waals surface area contributed by atoms with E-state index in [-0.39, 0.29) is 24.4 Å². The average Bonchev–Trinajstić information content (AvgIpc) is 2.50. The predicted molar refractivity (Wildman–Crippen MR) is 85.1 cm³/mol. The topological polar surface area (TPSA) is 55.6 Å². The highest BCUT2D eigenvalue weighted by molar-refractivity contribution is 5.80. The van der Waals surface area contributed by atoms with Crippen molar-refractivity contribution in [3.05, 3.63) is 65.2 Å². The first kappa shape index (κ1) is 16.4. The van der Waals surface area contributed by atoms with E-state index in [0.717, 1.165) is 6.54 Å². The Labute approximate surface area is 138 Å². The van der Waals surface area contributed by atoms with Crippen LogP contribution in [0.3, 0.4) is 0 Å². The van der Waals surface area contributed by atoms with Crippen LogP contribution >= 0.6 is 0 Å². The van der Waals surface area contributed by atoms with Crippen molar-refractivity contribution in [3.8, 4) is 5.75 Å². The molecule has 1 aliphatic heterocycles. The molecule has 3 rings (SSSR count). The number of likely N-dealkylation sites (tertiary alicyclic amines) is 1. The van der Waals surface area contributed by atoms with Crippen LogP contribution in [0.25, 0.3) is 0 Å². The molecule has 1 amide bonds.